The molecule has 3 N–H and O–H groups in total. The molecule has 0 fully saturated rings. The first kappa shape index (κ1) is 9.98. The number of anilines is 1. The highest BCUT2D eigenvalue weighted by Gasteiger charge is 2.17. The Hall–Kier alpha value is -1.10. The first-order valence-electron chi connectivity index (χ1n) is 3.38. The van der Waals surface area contributed by atoms with Crippen LogP contribution in [0.3, 0.4) is 0 Å². The molecule has 0 unspecified atom stereocenters. The minimum atomic E-state index is -2.86. The zero-order chi connectivity index (χ0) is 10.0. The number of nitrogens with zero attached hydrogens (tertiary/aromatic N) is 1. The summed E-state index contributed by atoms with van der Waals surface area (Å²) in [6, 6.07) is 1.26. The third-order valence-electron chi connectivity index (χ3n) is 1.45. The molecule has 0 bridgehead atoms. The molecule has 0 radical (unpaired) electrons. The Morgan fingerprint density at radius 1 is 1.62 bits per heavy atom. The molecule has 1 aromatic rings. The molecule has 1 heterocycles. The molecule has 6 heteroatoms. The van der Waals surface area contributed by atoms with E-state index in [4.69, 9.17) is 22.4 Å². The summed E-state index contributed by atoms with van der Waals surface area (Å²) < 4.78 is 24.4. The molecule has 1 rings (SSSR count). The number of aromatic hydroxyl groups is 1. The van der Waals surface area contributed by atoms with Gasteiger partial charge in [-0.2, -0.15) is 0 Å². The molecule has 72 valence electrons. The number of halogens is 3. The molecule has 0 atom stereocenters. The molecule has 0 saturated heterocycles. The Morgan fingerprint density at radius 3 is 2.69 bits per heavy atom. The average molecular weight is 209 g/mol. The summed E-state index contributed by atoms with van der Waals surface area (Å²) in [4.78, 5) is 3.44. The van der Waals surface area contributed by atoms with E-state index in [1.807, 2.05) is 0 Å². The van der Waals surface area contributed by atoms with Gasteiger partial charge in [-0.1, -0.05) is 0 Å². The molecule has 0 aliphatic heterocycles. The Bertz CT molecular complexity index is 320. The highest BCUT2D eigenvalue weighted by Crippen LogP contribution is 2.31. The van der Waals surface area contributed by atoms with E-state index in [1.54, 1.807) is 0 Å². The molecule has 13 heavy (non-hydrogen) atoms. The van der Waals surface area contributed by atoms with Gasteiger partial charge in [0.05, 0.1) is 17.3 Å². The number of hydrogen-bond donors (Lipinski definition) is 2. The fraction of sp³-hybridized carbons (Fsp3) is 0.286. The minimum Gasteiger partial charge on any atom is -0.504 e. The number of nitrogen functional groups attached to an aromatic ring is 1. The van der Waals surface area contributed by atoms with Gasteiger partial charge in [-0.05, 0) is 6.07 Å². The van der Waals surface area contributed by atoms with E-state index in [-0.39, 0.29) is 17.3 Å². The van der Waals surface area contributed by atoms with Gasteiger partial charge >= 0.3 is 0 Å². The van der Waals surface area contributed by atoms with Crippen LogP contribution in [-0.2, 0) is 5.88 Å². The largest absolute Gasteiger partial charge is 0.504 e. The Kier molecular flexibility index (Phi) is 2.87. The van der Waals surface area contributed by atoms with Gasteiger partial charge in [0.1, 0.15) is 0 Å². The minimum absolute atomic E-state index is 0.0236. The van der Waals surface area contributed by atoms with Crippen LogP contribution >= 0.6 is 11.6 Å². The summed E-state index contributed by atoms with van der Waals surface area (Å²) in [6.07, 6.45) is -2.86. The van der Waals surface area contributed by atoms with Crippen LogP contribution in [0, 0.1) is 0 Å². The molecular weight excluding hydrogens is 202 g/mol. The van der Waals surface area contributed by atoms with Gasteiger partial charge in [-0.25, -0.2) is 13.8 Å². The van der Waals surface area contributed by atoms with E-state index in [1.165, 1.54) is 6.07 Å². The second kappa shape index (κ2) is 3.74. The molecule has 0 aliphatic rings. The monoisotopic (exact) mass is 208 g/mol. The number of pyridine rings is 1. The molecule has 3 nitrogen and oxygen atoms in total. The van der Waals surface area contributed by atoms with E-state index in [0.29, 0.717) is 0 Å². The summed E-state index contributed by atoms with van der Waals surface area (Å²) in [7, 11) is 0. The molecule has 0 aromatic carbocycles. The second-order valence-corrected chi connectivity index (χ2v) is 2.64. The lowest BCUT2D eigenvalue weighted by atomic mass is 10.2. The molecule has 0 amide bonds. The number of hydrogen-bond acceptors (Lipinski definition) is 3. The van der Waals surface area contributed by atoms with Crippen LogP contribution in [0.2, 0.25) is 0 Å². The van der Waals surface area contributed by atoms with Gasteiger partial charge in [0.2, 0.25) is 0 Å². The molecule has 0 aliphatic carbocycles. The molecular formula is C7H7ClF2N2O. The normalized spacial score (nSPS) is 10.8. The van der Waals surface area contributed by atoms with Crippen molar-refractivity contribution in [3.05, 3.63) is 17.5 Å². The van der Waals surface area contributed by atoms with Crippen LogP contribution < -0.4 is 5.73 Å². The lowest BCUT2D eigenvalue weighted by molar-refractivity contribution is 0.142. The Morgan fingerprint density at radius 2 is 2.23 bits per heavy atom. The Balaban J connectivity index is 3.25. The maximum Gasteiger partial charge on any atom is 0.284 e. The SMILES string of the molecule is Nc1cc(CCl)nc(C(F)F)c1O. The second-order valence-electron chi connectivity index (χ2n) is 2.37. The maximum absolute atomic E-state index is 12.2. The van der Waals surface area contributed by atoms with Crippen molar-refractivity contribution in [2.75, 3.05) is 5.73 Å². The van der Waals surface area contributed by atoms with Crippen LogP contribution in [0.5, 0.6) is 5.75 Å². The van der Waals surface area contributed by atoms with Crippen LogP contribution in [0.25, 0.3) is 0 Å². The summed E-state index contributed by atoms with van der Waals surface area (Å²) >= 11 is 5.38. The van der Waals surface area contributed by atoms with E-state index in [0.717, 1.165) is 0 Å². The standard InChI is InChI=1S/C7H7ClF2N2O/c8-2-3-1-4(11)6(13)5(12-3)7(9)10/h1,7,13H,2H2,(H2,11,12). The number of nitrogens with two attached hydrogens (primary N) is 1. The van der Waals surface area contributed by atoms with Crippen molar-refractivity contribution in [1.82, 2.24) is 4.98 Å². The predicted molar refractivity (Wildman–Crippen MR) is 44.8 cm³/mol. The van der Waals surface area contributed by atoms with E-state index in [2.05, 4.69) is 4.98 Å². The first-order valence-corrected chi connectivity index (χ1v) is 3.92. The number of aromatic nitrogens is 1. The van der Waals surface area contributed by atoms with Gasteiger partial charge in [0.25, 0.3) is 6.43 Å². The lowest BCUT2D eigenvalue weighted by Gasteiger charge is -2.06. The third kappa shape index (κ3) is 1.98. The zero-order valence-electron chi connectivity index (χ0n) is 6.47. The van der Waals surface area contributed by atoms with Crippen molar-refractivity contribution in [2.24, 2.45) is 0 Å². The predicted octanol–water partition coefficient (Wildman–Crippen LogP) is 2.05. The zero-order valence-corrected chi connectivity index (χ0v) is 7.22. The maximum atomic E-state index is 12.2. The smallest absolute Gasteiger partial charge is 0.284 e. The summed E-state index contributed by atoms with van der Waals surface area (Å²) in [5.74, 6) is -0.701. The van der Waals surface area contributed by atoms with Crippen LogP contribution in [0.1, 0.15) is 17.8 Å². The molecule has 1 aromatic heterocycles. The number of rotatable bonds is 2. The van der Waals surface area contributed by atoms with E-state index in [9.17, 15) is 8.78 Å². The van der Waals surface area contributed by atoms with Crippen molar-refractivity contribution in [2.45, 2.75) is 12.3 Å². The van der Waals surface area contributed by atoms with Gasteiger partial charge in [-0.3, -0.25) is 0 Å². The molecule has 0 spiro atoms. The third-order valence-corrected chi connectivity index (χ3v) is 1.72. The summed E-state index contributed by atoms with van der Waals surface area (Å²) in [6.45, 7) is 0. The van der Waals surface area contributed by atoms with Crippen molar-refractivity contribution in [3.8, 4) is 5.75 Å². The average Bonchev–Trinajstić information content (AvgIpc) is 2.09. The van der Waals surface area contributed by atoms with Crippen LogP contribution in [0.15, 0.2) is 6.07 Å². The van der Waals surface area contributed by atoms with Gasteiger partial charge in [0, 0.05) is 0 Å². The first-order chi connectivity index (χ1) is 6.06. The van der Waals surface area contributed by atoms with Crippen LogP contribution in [0.4, 0.5) is 14.5 Å². The highest BCUT2D eigenvalue weighted by molar-refractivity contribution is 6.16. The lowest BCUT2D eigenvalue weighted by Crippen LogP contribution is -1.99. The Labute approximate surface area is 78.1 Å². The molecule has 0 saturated carbocycles. The topological polar surface area (TPSA) is 59.1 Å². The van der Waals surface area contributed by atoms with Crippen molar-refractivity contribution in [3.63, 3.8) is 0 Å². The van der Waals surface area contributed by atoms with Gasteiger partial charge < -0.3 is 10.8 Å². The fourth-order valence-electron chi connectivity index (χ4n) is 0.856. The van der Waals surface area contributed by atoms with Gasteiger partial charge in [0.15, 0.2) is 11.4 Å². The van der Waals surface area contributed by atoms with Gasteiger partial charge in [-0.15, -0.1) is 11.6 Å². The van der Waals surface area contributed by atoms with Crippen molar-refractivity contribution < 1.29 is 13.9 Å². The van der Waals surface area contributed by atoms with Crippen molar-refractivity contribution in [1.29, 1.82) is 0 Å². The highest BCUT2D eigenvalue weighted by atomic mass is 35.5. The van der Waals surface area contributed by atoms with E-state index < -0.39 is 17.9 Å². The van der Waals surface area contributed by atoms with Crippen molar-refractivity contribution >= 4 is 17.3 Å². The summed E-state index contributed by atoms with van der Waals surface area (Å²) in [5.41, 5.74) is 4.60. The summed E-state index contributed by atoms with van der Waals surface area (Å²) in [5, 5.41) is 9.08. The number of alkyl halides is 3. The van der Waals surface area contributed by atoms with E-state index >= 15 is 0 Å². The van der Waals surface area contributed by atoms with Crippen LogP contribution in [-0.4, -0.2) is 10.1 Å². The fourth-order valence-corrected chi connectivity index (χ4v) is 0.993. The quantitative estimate of drug-likeness (QED) is 0.732.